The second-order valence-electron chi connectivity index (χ2n) is 7.41. The highest BCUT2D eigenvalue weighted by atomic mass is 32.2. The van der Waals surface area contributed by atoms with Gasteiger partial charge in [-0.2, -0.15) is 4.31 Å². The van der Waals surface area contributed by atoms with Crippen LogP contribution in [0.1, 0.15) is 29.9 Å². The van der Waals surface area contributed by atoms with Crippen LogP contribution in [0.15, 0.2) is 57.4 Å². The van der Waals surface area contributed by atoms with Crippen molar-refractivity contribution in [1.29, 1.82) is 0 Å². The normalized spacial score (nSPS) is 19.9. The lowest BCUT2D eigenvalue weighted by Gasteiger charge is -2.34. The van der Waals surface area contributed by atoms with E-state index in [4.69, 9.17) is 9.15 Å². The molecule has 1 fully saturated rings. The predicted molar refractivity (Wildman–Crippen MR) is 116 cm³/mol. The van der Waals surface area contributed by atoms with E-state index in [0.717, 1.165) is 4.88 Å². The third-order valence-corrected chi connectivity index (χ3v) is 7.56. The SMILES string of the molecule is CC1CN(S(=O)(=O)c2ccc(C(=O)NCc3coc(-c4cccs4)n3)cc2)CC(C)O1. The number of morpholine rings is 1. The van der Waals surface area contributed by atoms with Crippen LogP contribution in [0.2, 0.25) is 0 Å². The fourth-order valence-electron chi connectivity index (χ4n) is 3.43. The lowest BCUT2D eigenvalue weighted by atomic mass is 10.2. The molecule has 0 saturated carbocycles. The number of benzene rings is 1. The van der Waals surface area contributed by atoms with E-state index >= 15 is 0 Å². The molecule has 3 aromatic rings. The number of thiophene rings is 1. The molecule has 1 aliphatic rings. The van der Waals surface area contributed by atoms with Crippen LogP contribution < -0.4 is 5.32 Å². The van der Waals surface area contributed by atoms with Crippen molar-refractivity contribution >= 4 is 27.3 Å². The summed E-state index contributed by atoms with van der Waals surface area (Å²) < 4.78 is 38.3. The van der Waals surface area contributed by atoms with E-state index in [1.54, 1.807) is 0 Å². The van der Waals surface area contributed by atoms with Crippen molar-refractivity contribution in [3.8, 4) is 10.8 Å². The summed E-state index contributed by atoms with van der Waals surface area (Å²) in [4.78, 5) is 17.9. The lowest BCUT2D eigenvalue weighted by molar-refractivity contribution is -0.0440. The molecule has 2 atom stereocenters. The number of aromatic nitrogens is 1. The summed E-state index contributed by atoms with van der Waals surface area (Å²) in [6.45, 7) is 4.52. The van der Waals surface area contributed by atoms with Gasteiger partial charge in [-0.3, -0.25) is 4.79 Å². The van der Waals surface area contributed by atoms with Crippen molar-refractivity contribution in [2.45, 2.75) is 37.5 Å². The van der Waals surface area contributed by atoms with Gasteiger partial charge in [-0.25, -0.2) is 13.4 Å². The minimum absolute atomic E-state index is 0.155. The quantitative estimate of drug-likeness (QED) is 0.605. The standard InChI is InChI=1S/C21H23N3O5S2/c1-14-11-24(12-15(2)29-14)31(26,27)18-7-5-16(6-8-18)20(25)22-10-17-13-28-21(23-17)19-4-3-9-30-19/h3-9,13-15H,10-12H2,1-2H3,(H,22,25). The number of carbonyl (C=O) groups excluding carboxylic acids is 1. The summed E-state index contributed by atoms with van der Waals surface area (Å²) in [5.74, 6) is 0.193. The minimum atomic E-state index is -3.64. The van der Waals surface area contributed by atoms with Gasteiger partial charge < -0.3 is 14.5 Å². The summed E-state index contributed by atoms with van der Waals surface area (Å²) in [5, 5.41) is 4.71. The van der Waals surface area contributed by atoms with Crippen LogP contribution in [0, 0.1) is 0 Å². The topological polar surface area (TPSA) is 102 Å². The summed E-state index contributed by atoms with van der Waals surface area (Å²) in [7, 11) is -3.64. The van der Waals surface area contributed by atoms with Crippen molar-refractivity contribution in [3.63, 3.8) is 0 Å². The van der Waals surface area contributed by atoms with Crippen molar-refractivity contribution in [3.05, 3.63) is 59.3 Å². The molecule has 8 nitrogen and oxygen atoms in total. The molecule has 0 aliphatic carbocycles. The summed E-state index contributed by atoms with van der Waals surface area (Å²) in [5.41, 5.74) is 0.969. The number of amides is 1. The molecule has 2 unspecified atom stereocenters. The van der Waals surface area contributed by atoms with Gasteiger partial charge in [0.1, 0.15) is 6.26 Å². The number of carbonyl (C=O) groups is 1. The number of hydrogen-bond acceptors (Lipinski definition) is 7. The average Bonchev–Trinajstić information content (AvgIpc) is 3.43. The van der Waals surface area contributed by atoms with Gasteiger partial charge >= 0.3 is 0 Å². The first-order chi connectivity index (χ1) is 14.8. The van der Waals surface area contributed by atoms with Gasteiger partial charge in [0, 0.05) is 18.7 Å². The molecule has 1 aromatic carbocycles. The molecule has 3 heterocycles. The molecule has 4 rings (SSSR count). The number of nitrogens with zero attached hydrogens (tertiary/aromatic N) is 2. The molecule has 2 aromatic heterocycles. The molecule has 0 bridgehead atoms. The van der Waals surface area contributed by atoms with Crippen molar-refractivity contribution < 1.29 is 22.4 Å². The Balaban J connectivity index is 1.39. The van der Waals surface area contributed by atoms with Crippen LogP contribution in [0.25, 0.3) is 10.8 Å². The van der Waals surface area contributed by atoms with Crippen molar-refractivity contribution in [2.24, 2.45) is 0 Å². The monoisotopic (exact) mass is 461 g/mol. The molecule has 10 heteroatoms. The maximum atomic E-state index is 12.9. The molecule has 1 aliphatic heterocycles. The Morgan fingerprint density at radius 2 is 1.90 bits per heavy atom. The summed E-state index contributed by atoms with van der Waals surface area (Å²) in [6.07, 6.45) is 1.18. The number of hydrogen-bond donors (Lipinski definition) is 1. The molecule has 1 amide bonds. The van der Waals surface area contributed by atoms with Crippen LogP contribution in [0.4, 0.5) is 0 Å². The highest BCUT2D eigenvalue weighted by Crippen LogP contribution is 2.24. The molecule has 1 saturated heterocycles. The zero-order chi connectivity index (χ0) is 22.0. The third-order valence-electron chi connectivity index (χ3n) is 4.85. The first-order valence-electron chi connectivity index (χ1n) is 9.85. The lowest BCUT2D eigenvalue weighted by Crippen LogP contribution is -2.48. The maximum Gasteiger partial charge on any atom is 0.251 e. The van der Waals surface area contributed by atoms with Gasteiger partial charge in [0.15, 0.2) is 0 Å². The predicted octanol–water partition coefficient (Wildman–Crippen LogP) is 3.13. The molecule has 164 valence electrons. The van der Waals surface area contributed by atoms with Crippen LogP contribution >= 0.6 is 11.3 Å². The average molecular weight is 462 g/mol. The Labute approximate surface area is 184 Å². The van der Waals surface area contributed by atoms with E-state index in [-0.39, 0.29) is 29.6 Å². The number of sulfonamides is 1. The van der Waals surface area contributed by atoms with Gasteiger partial charge in [-0.05, 0) is 49.6 Å². The van der Waals surface area contributed by atoms with E-state index in [0.29, 0.717) is 30.2 Å². The highest BCUT2D eigenvalue weighted by molar-refractivity contribution is 7.89. The number of oxazole rings is 1. The molecular weight excluding hydrogens is 438 g/mol. The highest BCUT2D eigenvalue weighted by Gasteiger charge is 2.32. The largest absolute Gasteiger partial charge is 0.443 e. The Morgan fingerprint density at radius 1 is 1.19 bits per heavy atom. The number of ether oxygens (including phenoxy) is 1. The molecule has 1 N–H and O–H groups in total. The van der Waals surface area contributed by atoms with Crippen molar-refractivity contribution in [2.75, 3.05) is 13.1 Å². The maximum absolute atomic E-state index is 12.9. The Bertz CT molecular complexity index is 1130. The fraction of sp³-hybridized carbons (Fsp3) is 0.333. The Kier molecular flexibility index (Phi) is 6.24. The Morgan fingerprint density at radius 3 is 2.55 bits per heavy atom. The minimum Gasteiger partial charge on any atom is -0.443 e. The summed E-state index contributed by atoms with van der Waals surface area (Å²) >= 11 is 1.52. The van der Waals surface area contributed by atoms with Crippen LogP contribution in [0.5, 0.6) is 0 Å². The molecule has 31 heavy (non-hydrogen) atoms. The first kappa shape index (κ1) is 21.7. The third kappa shape index (κ3) is 4.87. The fourth-order valence-corrected chi connectivity index (χ4v) is 5.67. The molecular formula is C21H23N3O5S2. The van der Waals surface area contributed by atoms with Crippen LogP contribution in [-0.2, 0) is 21.3 Å². The Hall–Kier alpha value is -2.53. The van der Waals surface area contributed by atoms with E-state index in [1.165, 1.54) is 46.2 Å². The van der Waals surface area contributed by atoms with E-state index < -0.39 is 10.0 Å². The van der Waals surface area contributed by atoms with E-state index in [2.05, 4.69) is 10.3 Å². The van der Waals surface area contributed by atoms with Gasteiger partial charge in [0.05, 0.1) is 34.2 Å². The van der Waals surface area contributed by atoms with Gasteiger partial charge in [0.2, 0.25) is 15.9 Å². The summed E-state index contributed by atoms with van der Waals surface area (Å²) in [6, 6.07) is 9.76. The zero-order valence-electron chi connectivity index (χ0n) is 17.1. The zero-order valence-corrected chi connectivity index (χ0v) is 18.8. The smallest absolute Gasteiger partial charge is 0.251 e. The van der Waals surface area contributed by atoms with Crippen molar-refractivity contribution in [1.82, 2.24) is 14.6 Å². The van der Waals surface area contributed by atoms with E-state index in [9.17, 15) is 13.2 Å². The van der Waals surface area contributed by atoms with Gasteiger partial charge in [0.25, 0.3) is 5.91 Å². The second-order valence-corrected chi connectivity index (χ2v) is 10.3. The van der Waals surface area contributed by atoms with Crippen LogP contribution in [0.3, 0.4) is 0 Å². The molecule has 0 spiro atoms. The molecule has 0 radical (unpaired) electrons. The number of rotatable bonds is 6. The van der Waals surface area contributed by atoms with Crippen LogP contribution in [-0.4, -0.2) is 48.9 Å². The first-order valence-corrected chi connectivity index (χ1v) is 12.2. The number of nitrogens with one attached hydrogen (secondary N) is 1. The second kappa shape index (κ2) is 8.91. The van der Waals surface area contributed by atoms with E-state index in [1.807, 2.05) is 31.4 Å². The van der Waals surface area contributed by atoms with Gasteiger partial charge in [-0.15, -0.1) is 11.3 Å². The van der Waals surface area contributed by atoms with Gasteiger partial charge in [-0.1, -0.05) is 6.07 Å².